The van der Waals surface area contributed by atoms with Crippen molar-refractivity contribution in [1.29, 1.82) is 0 Å². The number of nitrogens with one attached hydrogen (secondary N) is 1. The summed E-state index contributed by atoms with van der Waals surface area (Å²) in [6.07, 6.45) is 1.48. The van der Waals surface area contributed by atoms with Crippen molar-refractivity contribution in [2.45, 2.75) is 33.3 Å². The van der Waals surface area contributed by atoms with E-state index in [1.165, 1.54) is 4.80 Å². The SMILES string of the molecule is Cc1cc(-c2nnn(C)n2)cc(C)c1OCCCc1n[nH]c(CO)n1. The molecule has 0 aliphatic heterocycles. The Kier molecular flexibility index (Phi) is 5.03. The van der Waals surface area contributed by atoms with Gasteiger partial charge in [0.2, 0.25) is 5.82 Å². The summed E-state index contributed by atoms with van der Waals surface area (Å²) in [5, 5.41) is 27.8. The summed E-state index contributed by atoms with van der Waals surface area (Å²) in [6.45, 7) is 4.44. The van der Waals surface area contributed by atoms with E-state index in [1.807, 2.05) is 26.0 Å². The predicted octanol–water partition coefficient (Wildman–Crippen LogP) is 1.12. The van der Waals surface area contributed by atoms with E-state index in [1.54, 1.807) is 7.05 Å². The minimum atomic E-state index is -0.130. The number of hydrogen-bond donors (Lipinski definition) is 2. The molecule has 0 atom stereocenters. The van der Waals surface area contributed by atoms with Crippen LogP contribution in [0.15, 0.2) is 12.1 Å². The van der Waals surface area contributed by atoms with Crippen LogP contribution in [-0.4, -0.2) is 47.1 Å². The number of aromatic amines is 1. The molecule has 0 amide bonds. The van der Waals surface area contributed by atoms with Crippen LogP contribution >= 0.6 is 0 Å². The van der Waals surface area contributed by atoms with Crippen molar-refractivity contribution < 1.29 is 9.84 Å². The summed E-state index contributed by atoms with van der Waals surface area (Å²) in [5.74, 6) is 2.64. The first-order valence-electron chi connectivity index (χ1n) is 8.06. The van der Waals surface area contributed by atoms with Gasteiger partial charge in [-0.2, -0.15) is 9.90 Å². The largest absolute Gasteiger partial charge is 0.493 e. The standard InChI is InChI=1S/C16H21N7O2/c1-10-7-12(16-20-22-23(3)21-16)8-11(2)15(10)25-6-4-5-13-17-14(9-24)19-18-13/h7-8,24H,4-6,9H2,1-3H3,(H,17,18,19). The molecule has 0 spiro atoms. The van der Waals surface area contributed by atoms with Crippen LogP contribution in [0.2, 0.25) is 0 Å². The molecule has 0 saturated carbocycles. The molecule has 25 heavy (non-hydrogen) atoms. The van der Waals surface area contributed by atoms with Crippen molar-refractivity contribution in [3.63, 3.8) is 0 Å². The fourth-order valence-electron chi connectivity index (χ4n) is 2.63. The van der Waals surface area contributed by atoms with Crippen molar-refractivity contribution in [2.75, 3.05) is 6.61 Å². The van der Waals surface area contributed by atoms with E-state index in [0.29, 0.717) is 30.5 Å². The Labute approximate surface area is 145 Å². The van der Waals surface area contributed by atoms with Gasteiger partial charge in [-0.1, -0.05) is 0 Å². The van der Waals surface area contributed by atoms with Crippen LogP contribution in [0.25, 0.3) is 11.4 Å². The Morgan fingerprint density at radius 3 is 2.60 bits per heavy atom. The summed E-state index contributed by atoms with van der Waals surface area (Å²) in [6, 6.07) is 4.00. The highest BCUT2D eigenvalue weighted by atomic mass is 16.5. The molecule has 2 aromatic heterocycles. The lowest BCUT2D eigenvalue weighted by molar-refractivity contribution is 0.271. The van der Waals surface area contributed by atoms with Gasteiger partial charge in [0.25, 0.3) is 0 Å². The second-order valence-corrected chi connectivity index (χ2v) is 5.85. The number of hydrogen-bond acceptors (Lipinski definition) is 7. The molecule has 3 rings (SSSR count). The number of aliphatic hydroxyl groups excluding tert-OH is 1. The Morgan fingerprint density at radius 2 is 2.00 bits per heavy atom. The molecule has 0 unspecified atom stereocenters. The quantitative estimate of drug-likeness (QED) is 0.618. The average Bonchev–Trinajstić information content (AvgIpc) is 3.22. The molecule has 132 valence electrons. The molecule has 0 saturated heterocycles. The van der Waals surface area contributed by atoms with Gasteiger partial charge < -0.3 is 9.84 Å². The molecule has 9 nitrogen and oxygen atoms in total. The van der Waals surface area contributed by atoms with E-state index >= 15 is 0 Å². The van der Waals surface area contributed by atoms with Crippen molar-refractivity contribution in [3.8, 4) is 17.1 Å². The van der Waals surface area contributed by atoms with Crippen LogP contribution in [-0.2, 0) is 20.1 Å². The van der Waals surface area contributed by atoms with Crippen molar-refractivity contribution in [1.82, 2.24) is 35.4 Å². The normalized spacial score (nSPS) is 11.0. The third kappa shape index (κ3) is 4.00. The molecule has 9 heteroatoms. The first kappa shape index (κ1) is 17.0. The molecule has 2 N–H and O–H groups in total. The number of aliphatic hydroxyl groups is 1. The number of aromatic nitrogens is 7. The molecule has 0 fully saturated rings. The van der Waals surface area contributed by atoms with Gasteiger partial charge in [-0.15, -0.1) is 10.2 Å². The lowest BCUT2D eigenvalue weighted by Crippen LogP contribution is -2.03. The molecule has 0 aliphatic rings. The summed E-state index contributed by atoms with van der Waals surface area (Å²) in [5.41, 5.74) is 2.98. The van der Waals surface area contributed by atoms with Gasteiger partial charge in [0.05, 0.1) is 13.7 Å². The maximum absolute atomic E-state index is 8.97. The first-order valence-corrected chi connectivity index (χ1v) is 8.06. The van der Waals surface area contributed by atoms with Gasteiger partial charge >= 0.3 is 0 Å². The molecule has 0 aliphatic carbocycles. The highest BCUT2D eigenvalue weighted by Gasteiger charge is 2.11. The Bertz CT molecular complexity index is 833. The zero-order valence-electron chi connectivity index (χ0n) is 14.5. The maximum Gasteiger partial charge on any atom is 0.204 e. The number of H-pyrrole nitrogens is 1. The third-order valence-corrected chi connectivity index (χ3v) is 3.75. The molecule has 1 aromatic carbocycles. The van der Waals surface area contributed by atoms with Crippen LogP contribution in [0.1, 0.15) is 29.2 Å². The van der Waals surface area contributed by atoms with Crippen LogP contribution in [0.3, 0.4) is 0 Å². The molecule has 0 bridgehead atoms. The smallest absolute Gasteiger partial charge is 0.204 e. The summed E-state index contributed by atoms with van der Waals surface area (Å²) in [4.78, 5) is 5.60. The third-order valence-electron chi connectivity index (χ3n) is 3.75. The molecule has 3 aromatic rings. The van der Waals surface area contributed by atoms with E-state index < -0.39 is 0 Å². The summed E-state index contributed by atoms with van der Waals surface area (Å²) in [7, 11) is 1.74. The van der Waals surface area contributed by atoms with Gasteiger partial charge in [0.15, 0.2) is 5.82 Å². The highest BCUT2D eigenvalue weighted by Crippen LogP contribution is 2.28. The topological polar surface area (TPSA) is 115 Å². The van der Waals surface area contributed by atoms with Crippen LogP contribution in [0.5, 0.6) is 5.75 Å². The average molecular weight is 343 g/mol. The number of tetrazole rings is 1. The number of benzene rings is 1. The van der Waals surface area contributed by atoms with Gasteiger partial charge in [0.1, 0.15) is 18.2 Å². The number of aryl methyl sites for hydroxylation is 4. The fraction of sp³-hybridized carbons (Fsp3) is 0.438. The second-order valence-electron chi connectivity index (χ2n) is 5.85. The van der Waals surface area contributed by atoms with Crippen molar-refractivity contribution in [3.05, 3.63) is 34.9 Å². The lowest BCUT2D eigenvalue weighted by Gasteiger charge is -2.13. The lowest BCUT2D eigenvalue weighted by atomic mass is 10.1. The van der Waals surface area contributed by atoms with E-state index in [9.17, 15) is 0 Å². The van der Waals surface area contributed by atoms with E-state index in [-0.39, 0.29) is 6.61 Å². The predicted molar refractivity (Wildman–Crippen MR) is 89.8 cm³/mol. The Hall–Kier alpha value is -2.81. The van der Waals surface area contributed by atoms with Gasteiger partial charge in [-0.25, -0.2) is 4.98 Å². The zero-order chi connectivity index (χ0) is 17.8. The first-order chi connectivity index (χ1) is 12.1. The van der Waals surface area contributed by atoms with Crippen LogP contribution in [0, 0.1) is 13.8 Å². The zero-order valence-corrected chi connectivity index (χ0v) is 14.5. The van der Waals surface area contributed by atoms with Crippen LogP contribution < -0.4 is 4.74 Å². The molecule has 0 radical (unpaired) electrons. The summed E-state index contributed by atoms with van der Waals surface area (Å²) >= 11 is 0. The van der Waals surface area contributed by atoms with Gasteiger partial charge in [-0.05, 0) is 48.7 Å². The van der Waals surface area contributed by atoms with Crippen molar-refractivity contribution >= 4 is 0 Å². The number of ether oxygens (including phenoxy) is 1. The van der Waals surface area contributed by atoms with Crippen molar-refractivity contribution in [2.24, 2.45) is 7.05 Å². The van der Waals surface area contributed by atoms with Gasteiger partial charge in [-0.3, -0.25) is 5.10 Å². The van der Waals surface area contributed by atoms with Crippen LogP contribution in [0.4, 0.5) is 0 Å². The van der Waals surface area contributed by atoms with E-state index in [2.05, 4.69) is 30.6 Å². The highest BCUT2D eigenvalue weighted by molar-refractivity contribution is 5.60. The number of rotatable bonds is 7. The maximum atomic E-state index is 8.97. The summed E-state index contributed by atoms with van der Waals surface area (Å²) < 4.78 is 5.94. The fourth-order valence-corrected chi connectivity index (χ4v) is 2.63. The van der Waals surface area contributed by atoms with Gasteiger partial charge in [0, 0.05) is 12.0 Å². The monoisotopic (exact) mass is 343 g/mol. The van der Waals surface area contributed by atoms with E-state index in [4.69, 9.17) is 9.84 Å². The molecular formula is C16H21N7O2. The molecule has 2 heterocycles. The Morgan fingerprint density at radius 1 is 1.24 bits per heavy atom. The minimum absolute atomic E-state index is 0.130. The molecular weight excluding hydrogens is 322 g/mol. The minimum Gasteiger partial charge on any atom is -0.493 e. The van der Waals surface area contributed by atoms with E-state index in [0.717, 1.165) is 28.9 Å². The second kappa shape index (κ2) is 7.39. The number of nitrogens with zero attached hydrogens (tertiary/aromatic N) is 6. The Balaban J connectivity index is 1.60.